The minimum atomic E-state index is 0.163. The largest absolute Gasteiger partial charge is 0.380 e. The van der Waals surface area contributed by atoms with E-state index in [2.05, 4.69) is 15.6 Å². The Bertz CT molecular complexity index is 396. The second-order valence-corrected chi connectivity index (χ2v) is 5.15. The molecule has 1 heterocycles. The summed E-state index contributed by atoms with van der Waals surface area (Å²) in [6.45, 7) is 3.56. The minimum absolute atomic E-state index is 0.163. The van der Waals surface area contributed by atoms with Crippen molar-refractivity contribution >= 4 is 17.4 Å². The van der Waals surface area contributed by atoms with Crippen molar-refractivity contribution in [2.75, 3.05) is 19.0 Å². The molecule has 1 aromatic rings. The van der Waals surface area contributed by atoms with E-state index in [9.17, 15) is 0 Å². The van der Waals surface area contributed by atoms with Crippen molar-refractivity contribution in [3.05, 3.63) is 22.8 Å². The number of hydrogen-bond donors (Lipinski definition) is 2. The van der Waals surface area contributed by atoms with Gasteiger partial charge in [-0.05, 0) is 31.4 Å². The number of nitrogens with zero attached hydrogens (tertiary/aromatic N) is 1. The molecule has 0 spiro atoms. The third-order valence-electron chi connectivity index (χ3n) is 3.07. The minimum Gasteiger partial charge on any atom is -0.380 e. The summed E-state index contributed by atoms with van der Waals surface area (Å²) in [4.78, 5) is 4.26. The molecule has 4 nitrogen and oxygen atoms in total. The number of ether oxygens (including phenoxy) is 1. The Morgan fingerprint density at radius 2 is 2.33 bits per heavy atom. The van der Waals surface area contributed by atoms with Crippen molar-refractivity contribution in [1.82, 2.24) is 10.3 Å². The van der Waals surface area contributed by atoms with Crippen LogP contribution in [0.3, 0.4) is 0 Å². The predicted molar refractivity (Wildman–Crippen MR) is 74.1 cm³/mol. The van der Waals surface area contributed by atoms with Crippen LogP contribution < -0.4 is 10.6 Å². The summed E-state index contributed by atoms with van der Waals surface area (Å²) in [5.41, 5.74) is 1.09. The predicted octanol–water partition coefficient (Wildman–Crippen LogP) is 2.43. The summed E-state index contributed by atoms with van der Waals surface area (Å²) in [6.07, 6.45) is 4.42. The highest BCUT2D eigenvalue weighted by atomic mass is 35.5. The molecule has 1 unspecified atom stereocenters. The third kappa shape index (κ3) is 4.12. The van der Waals surface area contributed by atoms with Crippen molar-refractivity contribution < 1.29 is 4.74 Å². The molecule has 0 saturated heterocycles. The van der Waals surface area contributed by atoms with Gasteiger partial charge in [0.15, 0.2) is 0 Å². The molecule has 0 aliphatic heterocycles. The van der Waals surface area contributed by atoms with E-state index in [0.717, 1.165) is 24.5 Å². The standard InChI is InChI=1S/C13H20ClN3O/c1-9(18-2)6-16-13-5-10(12(14)8-17-13)7-15-11-3-4-11/h5,8-9,11,15H,3-4,6-7H2,1-2H3,(H,16,17). The molecule has 2 N–H and O–H groups in total. The number of aromatic nitrogens is 1. The second kappa shape index (κ2) is 6.36. The van der Waals surface area contributed by atoms with E-state index < -0.39 is 0 Å². The molecule has 1 aliphatic carbocycles. The molecule has 0 radical (unpaired) electrons. The molecular weight excluding hydrogens is 250 g/mol. The molecule has 1 aliphatic rings. The van der Waals surface area contributed by atoms with Crippen LogP contribution in [0.1, 0.15) is 25.3 Å². The van der Waals surface area contributed by atoms with E-state index in [1.165, 1.54) is 12.8 Å². The van der Waals surface area contributed by atoms with Crippen molar-refractivity contribution in [3.8, 4) is 0 Å². The molecule has 1 aromatic heterocycles. The zero-order valence-electron chi connectivity index (χ0n) is 10.9. The number of halogens is 1. The highest BCUT2D eigenvalue weighted by Crippen LogP contribution is 2.22. The van der Waals surface area contributed by atoms with Gasteiger partial charge in [0, 0.05) is 32.4 Å². The van der Waals surface area contributed by atoms with Crippen LogP contribution in [0, 0.1) is 0 Å². The second-order valence-electron chi connectivity index (χ2n) is 4.74. The topological polar surface area (TPSA) is 46.2 Å². The Hall–Kier alpha value is -0.840. The van der Waals surface area contributed by atoms with Gasteiger partial charge in [-0.1, -0.05) is 11.6 Å². The van der Waals surface area contributed by atoms with Gasteiger partial charge >= 0.3 is 0 Å². The molecular formula is C13H20ClN3O. The van der Waals surface area contributed by atoms with Crippen molar-refractivity contribution in [2.24, 2.45) is 0 Å². The van der Waals surface area contributed by atoms with Crippen LogP contribution in [-0.2, 0) is 11.3 Å². The van der Waals surface area contributed by atoms with E-state index in [4.69, 9.17) is 16.3 Å². The SMILES string of the molecule is COC(C)CNc1cc(CNC2CC2)c(Cl)cn1. The van der Waals surface area contributed by atoms with Crippen LogP contribution in [0.4, 0.5) is 5.82 Å². The first-order valence-electron chi connectivity index (χ1n) is 6.33. The van der Waals surface area contributed by atoms with Gasteiger partial charge in [-0.3, -0.25) is 0 Å². The third-order valence-corrected chi connectivity index (χ3v) is 3.41. The fraction of sp³-hybridized carbons (Fsp3) is 0.615. The molecule has 100 valence electrons. The maximum atomic E-state index is 6.14. The summed E-state index contributed by atoms with van der Waals surface area (Å²) in [5, 5.41) is 7.41. The molecule has 5 heteroatoms. The first kappa shape index (κ1) is 13.6. The van der Waals surface area contributed by atoms with Gasteiger partial charge in [0.05, 0.1) is 11.1 Å². The van der Waals surface area contributed by atoms with Gasteiger partial charge in [0.25, 0.3) is 0 Å². The van der Waals surface area contributed by atoms with Crippen LogP contribution in [0.15, 0.2) is 12.3 Å². The van der Waals surface area contributed by atoms with E-state index in [1.54, 1.807) is 13.3 Å². The van der Waals surface area contributed by atoms with Gasteiger partial charge < -0.3 is 15.4 Å². The summed E-state index contributed by atoms with van der Waals surface area (Å²) >= 11 is 6.14. The van der Waals surface area contributed by atoms with Crippen molar-refractivity contribution in [3.63, 3.8) is 0 Å². The summed E-state index contributed by atoms with van der Waals surface area (Å²) in [5.74, 6) is 0.843. The highest BCUT2D eigenvalue weighted by Gasteiger charge is 2.20. The number of nitrogens with one attached hydrogen (secondary N) is 2. The van der Waals surface area contributed by atoms with Crippen LogP contribution in [-0.4, -0.2) is 30.8 Å². The Labute approximate surface area is 113 Å². The molecule has 0 aromatic carbocycles. The zero-order chi connectivity index (χ0) is 13.0. The Balaban J connectivity index is 1.91. The monoisotopic (exact) mass is 269 g/mol. The highest BCUT2D eigenvalue weighted by molar-refractivity contribution is 6.31. The lowest BCUT2D eigenvalue weighted by Gasteiger charge is -2.13. The Morgan fingerprint density at radius 3 is 3.00 bits per heavy atom. The number of rotatable bonds is 7. The van der Waals surface area contributed by atoms with E-state index in [0.29, 0.717) is 11.1 Å². The maximum Gasteiger partial charge on any atom is 0.126 e. The normalized spacial score (nSPS) is 16.6. The molecule has 0 bridgehead atoms. The number of methoxy groups -OCH3 is 1. The maximum absolute atomic E-state index is 6.14. The van der Waals surface area contributed by atoms with Crippen molar-refractivity contribution in [2.45, 2.75) is 38.5 Å². The molecule has 1 saturated carbocycles. The average molecular weight is 270 g/mol. The fourth-order valence-electron chi connectivity index (χ4n) is 1.59. The van der Waals surface area contributed by atoms with Gasteiger partial charge in [-0.15, -0.1) is 0 Å². The Kier molecular flexibility index (Phi) is 4.80. The summed E-state index contributed by atoms with van der Waals surface area (Å²) in [7, 11) is 1.70. The van der Waals surface area contributed by atoms with E-state index >= 15 is 0 Å². The average Bonchev–Trinajstić information content (AvgIpc) is 3.19. The fourth-order valence-corrected chi connectivity index (χ4v) is 1.76. The quantitative estimate of drug-likeness (QED) is 0.798. The van der Waals surface area contributed by atoms with Gasteiger partial charge in [-0.2, -0.15) is 0 Å². The van der Waals surface area contributed by atoms with Gasteiger partial charge in [0.2, 0.25) is 0 Å². The summed E-state index contributed by atoms with van der Waals surface area (Å²) in [6, 6.07) is 2.68. The van der Waals surface area contributed by atoms with Crippen LogP contribution in [0.25, 0.3) is 0 Å². The number of hydrogen-bond acceptors (Lipinski definition) is 4. The summed E-state index contributed by atoms with van der Waals surface area (Å²) < 4.78 is 5.18. The van der Waals surface area contributed by atoms with Crippen LogP contribution >= 0.6 is 11.6 Å². The van der Waals surface area contributed by atoms with Crippen LogP contribution in [0.2, 0.25) is 5.02 Å². The zero-order valence-corrected chi connectivity index (χ0v) is 11.6. The lowest BCUT2D eigenvalue weighted by atomic mass is 10.2. The van der Waals surface area contributed by atoms with Crippen LogP contribution in [0.5, 0.6) is 0 Å². The first-order chi connectivity index (χ1) is 8.69. The molecule has 2 rings (SSSR count). The lowest BCUT2D eigenvalue weighted by Crippen LogP contribution is -2.19. The molecule has 0 amide bonds. The first-order valence-corrected chi connectivity index (χ1v) is 6.71. The van der Waals surface area contributed by atoms with E-state index in [1.807, 2.05) is 13.0 Å². The molecule has 1 fully saturated rings. The molecule has 18 heavy (non-hydrogen) atoms. The van der Waals surface area contributed by atoms with Crippen molar-refractivity contribution in [1.29, 1.82) is 0 Å². The number of pyridine rings is 1. The lowest BCUT2D eigenvalue weighted by molar-refractivity contribution is 0.128. The Morgan fingerprint density at radius 1 is 1.56 bits per heavy atom. The van der Waals surface area contributed by atoms with Gasteiger partial charge in [-0.25, -0.2) is 4.98 Å². The smallest absolute Gasteiger partial charge is 0.126 e. The molecule has 1 atom stereocenters. The van der Waals surface area contributed by atoms with E-state index in [-0.39, 0.29) is 6.10 Å². The number of anilines is 1. The van der Waals surface area contributed by atoms with Gasteiger partial charge in [0.1, 0.15) is 5.82 Å².